The van der Waals surface area contributed by atoms with Crippen LogP contribution in [0.2, 0.25) is 0 Å². The van der Waals surface area contributed by atoms with Gasteiger partial charge >= 0.3 is 0 Å². The minimum atomic E-state index is -0.308. The number of nitrogens with zero attached hydrogens (tertiary/aromatic N) is 1. The molecule has 2 fully saturated rings. The van der Waals surface area contributed by atoms with Crippen LogP contribution in [0.4, 0.5) is 0 Å². The van der Waals surface area contributed by atoms with Crippen LogP contribution >= 0.6 is 0 Å². The second kappa shape index (κ2) is 6.03. The van der Waals surface area contributed by atoms with Crippen molar-refractivity contribution in [3.63, 3.8) is 0 Å². The van der Waals surface area contributed by atoms with Crippen molar-refractivity contribution in [1.29, 1.82) is 0 Å². The Morgan fingerprint density at radius 3 is 2.52 bits per heavy atom. The molecule has 0 spiro atoms. The van der Waals surface area contributed by atoms with Crippen molar-refractivity contribution in [3.05, 3.63) is 29.3 Å². The van der Waals surface area contributed by atoms with Gasteiger partial charge in [0.05, 0.1) is 12.6 Å². The number of methoxy groups -OCH3 is 1. The van der Waals surface area contributed by atoms with Crippen LogP contribution in [0.15, 0.2) is 23.2 Å². The zero-order valence-corrected chi connectivity index (χ0v) is 12.7. The first-order chi connectivity index (χ1) is 10.3. The number of hydrogen-bond acceptors (Lipinski definition) is 3. The van der Waals surface area contributed by atoms with Crippen molar-refractivity contribution in [2.45, 2.75) is 62.8 Å². The highest BCUT2D eigenvalue weighted by atomic mass is 16.5. The molecule has 2 aliphatic carbocycles. The van der Waals surface area contributed by atoms with E-state index < -0.39 is 0 Å². The van der Waals surface area contributed by atoms with E-state index in [2.05, 4.69) is 23.2 Å². The molecule has 0 atom stereocenters. The van der Waals surface area contributed by atoms with Gasteiger partial charge in [-0.1, -0.05) is 25.3 Å². The molecular formula is C18H23NO2. The van der Waals surface area contributed by atoms with Crippen molar-refractivity contribution in [1.82, 2.24) is 0 Å². The molecule has 112 valence electrons. The summed E-state index contributed by atoms with van der Waals surface area (Å²) in [5.41, 5.74) is 2.16. The topological polar surface area (TPSA) is 38.7 Å². The van der Waals surface area contributed by atoms with Crippen molar-refractivity contribution in [2.75, 3.05) is 7.11 Å². The molecule has 0 saturated heterocycles. The molecule has 3 heteroatoms. The van der Waals surface area contributed by atoms with Gasteiger partial charge in [0.2, 0.25) is 6.08 Å². The van der Waals surface area contributed by atoms with Crippen LogP contribution in [0, 0.1) is 0 Å². The van der Waals surface area contributed by atoms with E-state index in [4.69, 9.17) is 4.74 Å². The first kappa shape index (κ1) is 14.3. The predicted molar refractivity (Wildman–Crippen MR) is 82.5 cm³/mol. The quantitative estimate of drug-likeness (QED) is 0.605. The maximum atomic E-state index is 10.8. The minimum Gasteiger partial charge on any atom is -0.496 e. The zero-order valence-electron chi connectivity index (χ0n) is 12.7. The number of isocyanates is 1. The third kappa shape index (κ3) is 2.63. The van der Waals surface area contributed by atoms with E-state index in [1.807, 2.05) is 0 Å². The summed E-state index contributed by atoms with van der Waals surface area (Å²) in [5.74, 6) is 1.57. The monoisotopic (exact) mass is 285 g/mol. The van der Waals surface area contributed by atoms with Crippen LogP contribution in [-0.2, 0) is 10.3 Å². The van der Waals surface area contributed by atoms with Crippen LogP contribution in [0.25, 0.3) is 0 Å². The number of aliphatic imine (C=N–C) groups is 1. The maximum Gasteiger partial charge on any atom is 0.235 e. The number of rotatable bonds is 4. The van der Waals surface area contributed by atoms with Gasteiger partial charge in [-0.3, -0.25) is 0 Å². The van der Waals surface area contributed by atoms with E-state index in [9.17, 15) is 4.79 Å². The molecule has 0 bridgehead atoms. The molecule has 1 aromatic rings. The van der Waals surface area contributed by atoms with E-state index in [1.165, 1.54) is 43.2 Å². The normalized spacial score (nSPS) is 21.2. The Morgan fingerprint density at radius 2 is 1.95 bits per heavy atom. The first-order valence-electron chi connectivity index (χ1n) is 8.06. The number of ether oxygens (including phenoxy) is 1. The Hall–Kier alpha value is -1.60. The summed E-state index contributed by atoms with van der Waals surface area (Å²) >= 11 is 0. The zero-order chi connectivity index (χ0) is 14.7. The summed E-state index contributed by atoms with van der Waals surface area (Å²) in [6.07, 6.45) is 11.3. The molecule has 0 amide bonds. The summed E-state index contributed by atoms with van der Waals surface area (Å²) in [6, 6.07) is 6.37. The summed E-state index contributed by atoms with van der Waals surface area (Å²) in [7, 11) is 1.74. The fourth-order valence-corrected chi connectivity index (χ4v) is 3.82. The van der Waals surface area contributed by atoms with Crippen molar-refractivity contribution in [2.24, 2.45) is 4.99 Å². The van der Waals surface area contributed by atoms with Crippen LogP contribution in [0.5, 0.6) is 5.75 Å². The summed E-state index contributed by atoms with van der Waals surface area (Å²) in [6.45, 7) is 0. The highest BCUT2D eigenvalue weighted by Crippen LogP contribution is 2.47. The molecule has 2 saturated carbocycles. The Balaban J connectivity index is 1.98. The molecule has 0 aromatic heterocycles. The minimum absolute atomic E-state index is 0.308. The molecule has 0 heterocycles. The largest absolute Gasteiger partial charge is 0.496 e. The lowest BCUT2D eigenvalue weighted by atomic mass is 9.71. The lowest BCUT2D eigenvalue weighted by Gasteiger charge is -2.38. The third-order valence-electron chi connectivity index (χ3n) is 5.25. The van der Waals surface area contributed by atoms with Gasteiger partial charge < -0.3 is 4.74 Å². The van der Waals surface area contributed by atoms with Crippen LogP contribution in [0.3, 0.4) is 0 Å². The van der Waals surface area contributed by atoms with Gasteiger partial charge in [-0.15, -0.1) is 0 Å². The second-order valence-corrected chi connectivity index (χ2v) is 6.38. The SMILES string of the molecule is COc1ccc(C2(N=C=O)CCC2)cc1C1CCCCC1. The van der Waals surface area contributed by atoms with E-state index >= 15 is 0 Å². The van der Waals surface area contributed by atoms with Gasteiger partial charge in [0.1, 0.15) is 5.75 Å². The number of hydrogen-bond donors (Lipinski definition) is 0. The number of carbonyl (C=O) groups excluding carboxylic acids is 1. The predicted octanol–water partition coefficient (Wildman–Crippen LogP) is 4.46. The molecule has 3 nitrogen and oxygen atoms in total. The van der Waals surface area contributed by atoms with E-state index in [-0.39, 0.29) is 5.54 Å². The van der Waals surface area contributed by atoms with Crippen LogP contribution in [0.1, 0.15) is 68.4 Å². The van der Waals surface area contributed by atoms with Crippen molar-refractivity contribution < 1.29 is 9.53 Å². The van der Waals surface area contributed by atoms with Crippen molar-refractivity contribution in [3.8, 4) is 5.75 Å². The molecule has 1 aromatic carbocycles. The maximum absolute atomic E-state index is 10.8. The fraction of sp³-hybridized carbons (Fsp3) is 0.611. The van der Waals surface area contributed by atoms with Crippen molar-refractivity contribution >= 4 is 6.08 Å². The van der Waals surface area contributed by atoms with Gasteiger partial charge in [-0.2, -0.15) is 4.99 Å². The van der Waals surface area contributed by atoms with Crippen LogP contribution in [-0.4, -0.2) is 13.2 Å². The Morgan fingerprint density at radius 1 is 1.19 bits per heavy atom. The summed E-state index contributed by atoms with van der Waals surface area (Å²) in [4.78, 5) is 14.9. The van der Waals surface area contributed by atoms with Gasteiger partial charge in [0, 0.05) is 0 Å². The standard InChI is InChI=1S/C18H23NO2/c1-21-17-9-8-15(18(19-13-20)10-5-11-18)12-16(17)14-6-3-2-4-7-14/h8-9,12,14H,2-7,10-11H2,1H3. The van der Waals surface area contributed by atoms with Gasteiger partial charge in [0.25, 0.3) is 0 Å². The molecule has 0 aliphatic heterocycles. The lowest BCUT2D eigenvalue weighted by molar-refractivity contribution is 0.255. The highest BCUT2D eigenvalue weighted by Gasteiger charge is 2.39. The molecule has 2 aliphatic rings. The second-order valence-electron chi connectivity index (χ2n) is 6.38. The van der Waals surface area contributed by atoms with Gasteiger partial charge in [0.15, 0.2) is 0 Å². The molecule has 0 unspecified atom stereocenters. The average Bonchev–Trinajstić information content (AvgIpc) is 2.51. The van der Waals surface area contributed by atoms with Gasteiger partial charge in [-0.05, 0) is 61.3 Å². The van der Waals surface area contributed by atoms with E-state index in [1.54, 1.807) is 13.2 Å². The highest BCUT2D eigenvalue weighted by molar-refractivity contribution is 5.45. The number of benzene rings is 1. The smallest absolute Gasteiger partial charge is 0.235 e. The Kier molecular flexibility index (Phi) is 4.12. The summed E-state index contributed by atoms with van der Waals surface area (Å²) < 4.78 is 5.57. The molecule has 3 rings (SSSR count). The summed E-state index contributed by atoms with van der Waals surface area (Å²) in [5, 5.41) is 0. The van der Waals surface area contributed by atoms with E-state index in [0.717, 1.165) is 25.0 Å². The fourth-order valence-electron chi connectivity index (χ4n) is 3.82. The van der Waals surface area contributed by atoms with Gasteiger partial charge in [-0.25, -0.2) is 4.79 Å². The first-order valence-corrected chi connectivity index (χ1v) is 8.06. The molecule has 0 radical (unpaired) electrons. The molecule has 0 N–H and O–H groups in total. The van der Waals surface area contributed by atoms with Crippen LogP contribution < -0.4 is 4.74 Å². The molecule has 21 heavy (non-hydrogen) atoms. The third-order valence-corrected chi connectivity index (χ3v) is 5.25. The van der Waals surface area contributed by atoms with E-state index in [0.29, 0.717) is 5.92 Å². The Bertz CT molecular complexity index is 550. The lowest BCUT2D eigenvalue weighted by Crippen LogP contribution is -2.32. The Labute approximate surface area is 126 Å². The molecular weight excluding hydrogens is 262 g/mol. The average molecular weight is 285 g/mol.